The zero-order valence-corrected chi connectivity index (χ0v) is 16.6. The van der Waals surface area contributed by atoms with Gasteiger partial charge in [0, 0.05) is 13.3 Å². The average molecular weight is 357 g/mol. The summed E-state index contributed by atoms with van der Waals surface area (Å²) in [6, 6.07) is 0. The molecule has 3 heteroatoms. The lowest BCUT2D eigenvalue weighted by Crippen LogP contribution is -2.50. The molecule has 4 rings (SSSR count). The van der Waals surface area contributed by atoms with Crippen molar-refractivity contribution in [1.29, 1.82) is 0 Å². The highest BCUT2D eigenvalue weighted by molar-refractivity contribution is 5.95. The Labute approximate surface area is 157 Å². The van der Waals surface area contributed by atoms with Crippen LogP contribution < -0.4 is 0 Å². The Morgan fingerprint density at radius 1 is 1.00 bits per heavy atom. The van der Waals surface area contributed by atoms with Gasteiger partial charge < -0.3 is 4.74 Å². The second-order valence-electron chi connectivity index (χ2n) is 9.60. The first-order chi connectivity index (χ1) is 12.3. The van der Waals surface area contributed by atoms with Crippen molar-refractivity contribution in [3.05, 3.63) is 23.3 Å². The molecule has 26 heavy (non-hydrogen) atoms. The lowest BCUT2D eigenvalue weighted by molar-refractivity contribution is -0.148. The molecule has 0 bridgehead atoms. The first-order valence-electron chi connectivity index (χ1n) is 10.3. The van der Waals surface area contributed by atoms with Crippen LogP contribution >= 0.6 is 0 Å². The third-order valence-corrected chi connectivity index (χ3v) is 8.35. The Balaban J connectivity index is 1.59. The summed E-state index contributed by atoms with van der Waals surface area (Å²) in [5.74, 6) is 2.11. The zero-order chi connectivity index (χ0) is 18.7. The van der Waals surface area contributed by atoms with Crippen molar-refractivity contribution in [2.24, 2.45) is 28.6 Å². The number of ether oxygens (including phenoxy) is 1. The number of fused-ring (bicyclic) bond motifs is 5. The normalized spacial score (nSPS) is 44.2. The van der Waals surface area contributed by atoms with Gasteiger partial charge in [-0.1, -0.05) is 31.6 Å². The molecular weight excluding hydrogens is 324 g/mol. The fraction of sp³-hybridized carbons (Fsp3) is 0.739. The summed E-state index contributed by atoms with van der Waals surface area (Å²) in [6.45, 7) is 8.05. The number of hydrogen-bond donors (Lipinski definition) is 0. The van der Waals surface area contributed by atoms with E-state index in [1.807, 2.05) is 0 Å². The summed E-state index contributed by atoms with van der Waals surface area (Å²) in [6.07, 6.45) is 12.3. The van der Waals surface area contributed by atoms with Crippen LogP contribution in [0.1, 0.15) is 72.6 Å². The molecule has 3 nitrogen and oxygen atoms in total. The van der Waals surface area contributed by atoms with E-state index in [9.17, 15) is 9.59 Å². The number of carbonyl (C=O) groups excluding carboxylic acids is 2. The first-order valence-corrected chi connectivity index (χ1v) is 10.3. The molecule has 0 radical (unpaired) electrons. The molecule has 0 heterocycles. The SMILES string of the molecule is CC(=O)O[C@@H]1CC[C@@]2(C)C(=CC[C@H]3[C@H]2CC[C@]2(C)C(C(C)=O)=CC[C@H]32)C1. The van der Waals surface area contributed by atoms with Crippen LogP contribution in [0, 0.1) is 28.6 Å². The second kappa shape index (κ2) is 6.07. The van der Waals surface area contributed by atoms with Gasteiger partial charge in [-0.15, -0.1) is 0 Å². The van der Waals surface area contributed by atoms with Crippen molar-refractivity contribution in [1.82, 2.24) is 0 Å². The maximum atomic E-state index is 12.2. The average Bonchev–Trinajstić information content (AvgIpc) is 2.92. The quantitative estimate of drug-likeness (QED) is 0.516. The van der Waals surface area contributed by atoms with E-state index in [1.165, 1.54) is 18.9 Å². The van der Waals surface area contributed by atoms with E-state index >= 15 is 0 Å². The van der Waals surface area contributed by atoms with E-state index in [0.29, 0.717) is 17.8 Å². The van der Waals surface area contributed by atoms with Crippen LogP contribution in [0.5, 0.6) is 0 Å². The lowest BCUT2D eigenvalue weighted by atomic mass is 9.47. The lowest BCUT2D eigenvalue weighted by Gasteiger charge is -2.57. The molecule has 4 aliphatic rings. The molecule has 2 fully saturated rings. The van der Waals surface area contributed by atoms with Gasteiger partial charge in [0.05, 0.1) is 0 Å². The smallest absolute Gasteiger partial charge is 0.302 e. The zero-order valence-electron chi connectivity index (χ0n) is 16.6. The maximum absolute atomic E-state index is 12.2. The van der Waals surface area contributed by atoms with Crippen LogP contribution in [0.25, 0.3) is 0 Å². The van der Waals surface area contributed by atoms with Gasteiger partial charge in [0.15, 0.2) is 5.78 Å². The fourth-order valence-corrected chi connectivity index (χ4v) is 7.08. The van der Waals surface area contributed by atoms with Crippen LogP contribution in [0.3, 0.4) is 0 Å². The van der Waals surface area contributed by atoms with Crippen LogP contribution in [0.4, 0.5) is 0 Å². The molecular formula is C23H32O3. The molecule has 0 aliphatic heterocycles. The summed E-state index contributed by atoms with van der Waals surface area (Å²) in [4.78, 5) is 23.5. The predicted molar refractivity (Wildman–Crippen MR) is 101 cm³/mol. The Morgan fingerprint density at radius 2 is 1.73 bits per heavy atom. The summed E-state index contributed by atoms with van der Waals surface area (Å²) >= 11 is 0. The van der Waals surface area contributed by atoms with E-state index in [-0.39, 0.29) is 28.7 Å². The number of carbonyl (C=O) groups is 2. The van der Waals surface area contributed by atoms with Gasteiger partial charge in [-0.2, -0.15) is 0 Å². The number of allylic oxidation sites excluding steroid dienone is 3. The Kier molecular flexibility index (Phi) is 4.20. The van der Waals surface area contributed by atoms with Crippen molar-refractivity contribution >= 4 is 11.8 Å². The molecule has 142 valence electrons. The number of Topliss-reactive ketones (excluding diaryl/α,β-unsaturated/α-hetero) is 1. The monoisotopic (exact) mass is 356 g/mol. The van der Waals surface area contributed by atoms with Crippen molar-refractivity contribution < 1.29 is 14.3 Å². The van der Waals surface area contributed by atoms with Gasteiger partial charge in [0.2, 0.25) is 0 Å². The van der Waals surface area contributed by atoms with Gasteiger partial charge in [-0.25, -0.2) is 0 Å². The number of rotatable bonds is 2. The molecule has 0 N–H and O–H groups in total. The summed E-state index contributed by atoms with van der Waals surface area (Å²) in [7, 11) is 0. The van der Waals surface area contributed by atoms with Crippen LogP contribution in [-0.2, 0) is 14.3 Å². The van der Waals surface area contributed by atoms with Crippen LogP contribution in [-0.4, -0.2) is 17.9 Å². The van der Waals surface area contributed by atoms with Crippen molar-refractivity contribution in [3.63, 3.8) is 0 Å². The van der Waals surface area contributed by atoms with E-state index in [1.54, 1.807) is 6.92 Å². The molecule has 0 amide bonds. The van der Waals surface area contributed by atoms with Gasteiger partial charge in [-0.05, 0) is 79.6 Å². The van der Waals surface area contributed by atoms with E-state index in [0.717, 1.165) is 44.1 Å². The van der Waals surface area contributed by atoms with E-state index < -0.39 is 0 Å². The number of esters is 1. The molecule has 0 saturated heterocycles. The van der Waals surface area contributed by atoms with Crippen molar-refractivity contribution in [2.45, 2.75) is 78.7 Å². The molecule has 0 aromatic rings. The molecule has 2 saturated carbocycles. The van der Waals surface area contributed by atoms with Gasteiger partial charge in [-0.3, -0.25) is 9.59 Å². The Bertz CT molecular complexity index is 702. The third kappa shape index (κ3) is 2.53. The van der Waals surface area contributed by atoms with E-state index in [4.69, 9.17) is 4.74 Å². The highest BCUT2D eigenvalue weighted by Crippen LogP contribution is 2.65. The number of ketones is 1. The Hall–Kier alpha value is -1.38. The second-order valence-corrected chi connectivity index (χ2v) is 9.60. The topological polar surface area (TPSA) is 43.4 Å². The maximum Gasteiger partial charge on any atom is 0.302 e. The predicted octanol–water partition coefficient (Wildman–Crippen LogP) is 5.01. The summed E-state index contributed by atoms with van der Waals surface area (Å²) in [5.41, 5.74) is 2.96. The van der Waals surface area contributed by atoms with Gasteiger partial charge >= 0.3 is 5.97 Å². The van der Waals surface area contributed by atoms with Gasteiger partial charge in [0.25, 0.3) is 0 Å². The standard InChI is InChI=1S/C23H32O3/c1-14(24)19-7-8-20-18-6-5-16-13-17(26-15(2)25)9-11-22(16,3)21(18)10-12-23(19,20)4/h5,7,17-18,20-21H,6,8-13H2,1-4H3/t17-,18-,20-,21-,22+,23-/m1/s1. The highest BCUT2D eigenvalue weighted by atomic mass is 16.5. The molecule has 4 aliphatic carbocycles. The summed E-state index contributed by atoms with van der Waals surface area (Å²) < 4.78 is 5.52. The number of hydrogen-bond acceptors (Lipinski definition) is 3. The van der Waals surface area contributed by atoms with Gasteiger partial charge in [0.1, 0.15) is 6.10 Å². The minimum Gasteiger partial charge on any atom is -0.462 e. The minimum atomic E-state index is -0.157. The molecule has 6 atom stereocenters. The van der Waals surface area contributed by atoms with Crippen molar-refractivity contribution in [3.8, 4) is 0 Å². The molecule has 0 aromatic heterocycles. The molecule has 0 unspecified atom stereocenters. The largest absolute Gasteiger partial charge is 0.462 e. The first kappa shape index (κ1) is 18.0. The van der Waals surface area contributed by atoms with Crippen LogP contribution in [0.2, 0.25) is 0 Å². The van der Waals surface area contributed by atoms with Crippen molar-refractivity contribution in [2.75, 3.05) is 0 Å². The molecule has 0 spiro atoms. The third-order valence-electron chi connectivity index (χ3n) is 8.35. The fourth-order valence-electron chi connectivity index (χ4n) is 7.08. The highest BCUT2D eigenvalue weighted by Gasteiger charge is 2.57. The van der Waals surface area contributed by atoms with Crippen LogP contribution in [0.15, 0.2) is 23.3 Å². The summed E-state index contributed by atoms with van der Waals surface area (Å²) in [5, 5.41) is 0. The Morgan fingerprint density at radius 3 is 2.42 bits per heavy atom. The molecule has 0 aromatic carbocycles. The van der Waals surface area contributed by atoms with E-state index in [2.05, 4.69) is 26.0 Å². The minimum absolute atomic E-state index is 0.0645.